The van der Waals surface area contributed by atoms with Crippen molar-refractivity contribution < 1.29 is 4.79 Å². The molecule has 1 saturated heterocycles. The standard InChI is InChI=1S/C19H20Cl2N2O/c20-17-9-8-16(11-18(17)21)22-19(24)15-7-4-10-23(13-15)12-14-5-2-1-3-6-14/h1-3,5-6,8-9,11,15H,4,7,10,12-13H2,(H,22,24)/t15-/m1/s1. The fraction of sp³-hybridized carbons (Fsp3) is 0.316. The van der Waals surface area contributed by atoms with Gasteiger partial charge in [0.05, 0.1) is 16.0 Å². The predicted octanol–water partition coefficient (Wildman–Crippen LogP) is 4.84. The number of hydrogen-bond donors (Lipinski definition) is 1. The summed E-state index contributed by atoms with van der Waals surface area (Å²) in [6.07, 6.45) is 1.95. The van der Waals surface area contributed by atoms with Crippen LogP contribution in [0.4, 0.5) is 5.69 Å². The summed E-state index contributed by atoms with van der Waals surface area (Å²) < 4.78 is 0. The number of likely N-dealkylation sites (tertiary alicyclic amines) is 1. The van der Waals surface area contributed by atoms with E-state index in [1.54, 1.807) is 18.2 Å². The zero-order valence-corrected chi connectivity index (χ0v) is 14.9. The summed E-state index contributed by atoms with van der Waals surface area (Å²) in [5.74, 6) is 0.0445. The van der Waals surface area contributed by atoms with Gasteiger partial charge < -0.3 is 5.32 Å². The lowest BCUT2D eigenvalue weighted by molar-refractivity contribution is -0.121. The van der Waals surface area contributed by atoms with Gasteiger partial charge >= 0.3 is 0 Å². The van der Waals surface area contributed by atoms with Gasteiger partial charge in [0.25, 0.3) is 0 Å². The fourth-order valence-corrected chi connectivity index (χ4v) is 3.37. The molecule has 3 nitrogen and oxygen atoms in total. The number of amides is 1. The maximum Gasteiger partial charge on any atom is 0.228 e. The lowest BCUT2D eigenvalue weighted by atomic mass is 9.96. The second kappa shape index (κ2) is 8.02. The minimum atomic E-state index is -0.00286. The zero-order valence-electron chi connectivity index (χ0n) is 13.3. The second-order valence-electron chi connectivity index (χ2n) is 6.18. The molecular weight excluding hydrogens is 343 g/mol. The Morgan fingerprint density at radius 3 is 2.67 bits per heavy atom. The summed E-state index contributed by atoms with van der Waals surface area (Å²) in [5.41, 5.74) is 1.97. The smallest absolute Gasteiger partial charge is 0.228 e. The maximum atomic E-state index is 12.5. The van der Waals surface area contributed by atoms with Crippen LogP contribution in [0.25, 0.3) is 0 Å². The highest BCUT2D eigenvalue weighted by molar-refractivity contribution is 6.42. The third-order valence-electron chi connectivity index (χ3n) is 4.31. The Morgan fingerprint density at radius 1 is 1.12 bits per heavy atom. The van der Waals surface area contributed by atoms with E-state index in [9.17, 15) is 4.79 Å². The summed E-state index contributed by atoms with van der Waals surface area (Å²) in [4.78, 5) is 14.9. The Bertz CT molecular complexity index is 706. The van der Waals surface area contributed by atoms with E-state index in [2.05, 4.69) is 22.3 Å². The number of piperidine rings is 1. The number of rotatable bonds is 4. The molecule has 5 heteroatoms. The summed E-state index contributed by atoms with van der Waals surface area (Å²) >= 11 is 11.9. The van der Waals surface area contributed by atoms with Crippen molar-refractivity contribution in [3.05, 3.63) is 64.1 Å². The third-order valence-corrected chi connectivity index (χ3v) is 5.05. The van der Waals surface area contributed by atoms with E-state index >= 15 is 0 Å². The van der Waals surface area contributed by atoms with Gasteiger partial charge in [-0.3, -0.25) is 9.69 Å². The van der Waals surface area contributed by atoms with Crippen LogP contribution in [0.1, 0.15) is 18.4 Å². The Labute approximate surface area is 152 Å². The predicted molar refractivity (Wildman–Crippen MR) is 99.5 cm³/mol. The molecule has 0 aliphatic carbocycles. The van der Waals surface area contributed by atoms with Gasteiger partial charge in [0.15, 0.2) is 0 Å². The van der Waals surface area contributed by atoms with Crippen LogP contribution in [-0.2, 0) is 11.3 Å². The number of nitrogens with one attached hydrogen (secondary N) is 1. The molecule has 0 saturated carbocycles. The highest BCUT2D eigenvalue weighted by Crippen LogP contribution is 2.26. The summed E-state index contributed by atoms with van der Waals surface area (Å²) in [6, 6.07) is 15.5. The van der Waals surface area contributed by atoms with Crippen molar-refractivity contribution in [3.63, 3.8) is 0 Å². The van der Waals surface area contributed by atoms with E-state index in [4.69, 9.17) is 23.2 Å². The molecule has 3 rings (SSSR count). The summed E-state index contributed by atoms with van der Waals surface area (Å²) in [5, 5.41) is 3.89. The van der Waals surface area contributed by atoms with Crippen molar-refractivity contribution in [1.82, 2.24) is 4.90 Å². The number of benzene rings is 2. The number of halogens is 2. The second-order valence-corrected chi connectivity index (χ2v) is 6.99. The molecular formula is C19H20Cl2N2O. The molecule has 0 spiro atoms. The SMILES string of the molecule is O=C(Nc1ccc(Cl)c(Cl)c1)[C@@H]1CCCN(Cc2ccccc2)C1. The minimum absolute atomic E-state index is 0.00286. The number of carbonyl (C=O) groups is 1. The molecule has 1 amide bonds. The van der Waals surface area contributed by atoms with Crippen molar-refractivity contribution in [2.24, 2.45) is 5.92 Å². The number of hydrogen-bond acceptors (Lipinski definition) is 2. The van der Waals surface area contributed by atoms with Crippen LogP contribution >= 0.6 is 23.2 Å². The van der Waals surface area contributed by atoms with Gasteiger partial charge in [0.1, 0.15) is 0 Å². The first-order valence-electron chi connectivity index (χ1n) is 8.14. The molecule has 2 aromatic rings. The molecule has 0 radical (unpaired) electrons. The number of carbonyl (C=O) groups excluding carboxylic acids is 1. The molecule has 1 aliphatic heterocycles. The highest BCUT2D eigenvalue weighted by Gasteiger charge is 2.25. The number of anilines is 1. The fourth-order valence-electron chi connectivity index (χ4n) is 3.07. The molecule has 1 heterocycles. The molecule has 0 aromatic heterocycles. The molecule has 1 atom stereocenters. The molecule has 1 N–H and O–H groups in total. The van der Waals surface area contributed by atoms with Gasteiger partial charge in [-0.1, -0.05) is 53.5 Å². The van der Waals surface area contributed by atoms with Gasteiger partial charge in [-0.15, -0.1) is 0 Å². The van der Waals surface area contributed by atoms with Crippen molar-refractivity contribution in [2.75, 3.05) is 18.4 Å². The van der Waals surface area contributed by atoms with Crippen LogP contribution in [-0.4, -0.2) is 23.9 Å². The van der Waals surface area contributed by atoms with E-state index in [-0.39, 0.29) is 11.8 Å². The minimum Gasteiger partial charge on any atom is -0.326 e. The third kappa shape index (κ3) is 4.50. The van der Waals surface area contributed by atoms with Crippen molar-refractivity contribution in [2.45, 2.75) is 19.4 Å². The normalized spacial score (nSPS) is 18.3. The molecule has 1 fully saturated rings. The lowest BCUT2D eigenvalue weighted by Gasteiger charge is -2.32. The monoisotopic (exact) mass is 362 g/mol. The average Bonchev–Trinajstić information content (AvgIpc) is 2.59. The van der Waals surface area contributed by atoms with Crippen LogP contribution in [0.5, 0.6) is 0 Å². The molecule has 126 valence electrons. The molecule has 1 aliphatic rings. The van der Waals surface area contributed by atoms with Crippen LogP contribution in [0.2, 0.25) is 10.0 Å². The maximum absolute atomic E-state index is 12.5. The van der Waals surface area contributed by atoms with Crippen molar-refractivity contribution in [1.29, 1.82) is 0 Å². The Morgan fingerprint density at radius 2 is 1.92 bits per heavy atom. The lowest BCUT2D eigenvalue weighted by Crippen LogP contribution is -2.40. The van der Waals surface area contributed by atoms with Gasteiger partial charge in [-0.25, -0.2) is 0 Å². The Balaban J connectivity index is 1.59. The van der Waals surface area contributed by atoms with Gasteiger partial charge in [0.2, 0.25) is 5.91 Å². The quantitative estimate of drug-likeness (QED) is 0.843. The van der Waals surface area contributed by atoms with Crippen LogP contribution in [0, 0.1) is 5.92 Å². The topological polar surface area (TPSA) is 32.3 Å². The van der Waals surface area contributed by atoms with E-state index in [1.165, 1.54) is 5.56 Å². The zero-order chi connectivity index (χ0) is 16.9. The first-order valence-corrected chi connectivity index (χ1v) is 8.89. The summed E-state index contributed by atoms with van der Waals surface area (Å²) in [6.45, 7) is 2.70. The first kappa shape index (κ1) is 17.3. The molecule has 0 bridgehead atoms. The first-order chi connectivity index (χ1) is 11.6. The van der Waals surface area contributed by atoms with Crippen LogP contribution in [0.15, 0.2) is 48.5 Å². The van der Waals surface area contributed by atoms with E-state index < -0.39 is 0 Å². The number of nitrogens with zero attached hydrogens (tertiary/aromatic N) is 1. The van der Waals surface area contributed by atoms with E-state index in [0.29, 0.717) is 15.7 Å². The highest BCUT2D eigenvalue weighted by atomic mass is 35.5. The Hall–Kier alpha value is -1.55. The largest absolute Gasteiger partial charge is 0.326 e. The molecule has 0 unspecified atom stereocenters. The average molecular weight is 363 g/mol. The van der Waals surface area contributed by atoms with Crippen molar-refractivity contribution in [3.8, 4) is 0 Å². The van der Waals surface area contributed by atoms with Crippen LogP contribution < -0.4 is 5.32 Å². The van der Waals surface area contributed by atoms with Gasteiger partial charge in [0, 0.05) is 18.8 Å². The Kier molecular flexibility index (Phi) is 5.77. The van der Waals surface area contributed by atoms with E-state index in [0.717, 1.165) is 32.5 Å². The molecule has 2 aromatic carbocycles. The summed E-state index contributed by atoms with van der Waals surface area (Å²) in [7, 11) is 0. The van der Waals surface area contributed by atoms with Crippen molar-refractivity contribution >= 4 is 34.8 Å². The van der Waals surface area contributed by atoms with Gasteiger partial charge in [-0.2, -0.15) is 0 Å². The van der Waals surface area contributed by atoms with Crippen LogP contribution in [0.3, 0.4) is 0 Å². The van der Waals surface area contributed by atoms with Gasteiger partial charge in [-0.05, 0) is 43.1 Å². The van der Waals surface area contributed by atoms with E-state index in [1.807, 2.05) is 18.2 Å². The molecule has 24 heavy (non-hydrogen) atoms.